The summed E-state index contributed by atoms with van der Waals surface area (Å²) in [5.74, 6) is -0.271. The molecule has 0 aliphatic heterocycles. The fourth-order valence-corrected chi connectivity index (χ4v) is 3.35. The fourth-order valence-electron chi connectivity index (χ4n) is 3.35. The molecule has 3 heteroatoms. The van der Waals surface area contributed by atoms with Crippen LogP contribution in [-0.4, -0.2) is 15.9 Å². The van der Waals surface area contributed by atoms with E-state index in [1.807, 2.05) is 12.1 Å². The monoisotopic (exact) mass is 379 g/mol. The Morgan fingerprint density at radius 1 is 0.621 bits per heavy atom. The Hall–Kier alpha value is -3.69. The minimum absolute atomic E-state index is 0.271. The van der Waals surface area contributed by atoms with Gasteiger partial charge in [0.25, 0.3) is 0 Å². The molecule has 0 radical (unpaired) electrons. The van der Waals surface area contributed by atoms with Crippen molar-refractivity contribution in [3.05, 3.63) is 120 Å². The van der Waals surface area contributed by atoms with Gasteiger partial charge in [-0.25, -0.2) is 0 Å². The molecule has 0 amide bonds. The minimum atomic E-state index is -1.08. The molecule has 5 rings (SSSR count). The zero-order chi connectivity index (χ0) is 20.1. The van der Waals surface area contributed by atoms with Gasteiger partial charge < -0.3 is 10.1 Å². The van der Waals surface area contributed by atoms with Crippen LogP contribution in [0, 0.1) is 0 Å². The predicted octanol–water partition coefficient (Wildman–Crippen LogP) is 5.92. The third-order valence-electron chi connectivity index (χ3n) is 4.84. The Labute approximate surface area is 169 Å². The molecule has 0 saturated heterocycles. The van der Waals surface area contributed by atoms with Gasteiger partial charge in [-0.1, -0.05) is 97.1 Å². The van der Waals surface area contributed by atoms with Gasteiger partial charge >= 0.3 is 0 Å². The fraction of sp³-hybridized carbons (Fsp3) is 0.0385. The number of rotatable bonds is 3. The van der Waals surface area contributed by atoms with Gasteiger partial charge in [0.2, 0.25) is 0 Å². The first-order valence-electron chi connectivity index (χ1n) is 9.52. The number of aromatic nitrogens is 1. The molecule has 3 nitrogen and oxygen atoms in total. The number of nitrogens with one attached hydrogen (secondary N) is 1. The first kappa shape index (κ1) is 18.7. The smallest absolute Gasteiger partial charge is 0.195 e. The van der Waals surface area contributed by atoms with Crippen molar-refractivity contribution >= 4 is 27.6 Å². The van der Waals surface area contributed by atoms with Gasteiger partial charge in [0.15, 0.2) is 5.78 Å². The second-order valence-corrected chi connectivity index (χ2v) is 6.76. The maximum atomic E-state index is 11.9. The van der Waals surface area contributed by atoms with E-state index < -0.39 is 6.10 Å². The maximum absolute atomic E-state index is 11.9. The molecule has 0 aliphatic rings. The van der Waals surface area contributed by atoms with Crippen LogP contribution >= 0.6 is 0 Å². The van der Waals surface area contributed by atoms with Crippen molar-refractivity contribution in [3.8, 4) is 0 Å². The van der Waals surface area contributed by atoms with Crippen molar-refractivity contribution < 1.29 is 9.90 Å². The largest absolute Gasteiger partial charge is 0.380 e. The second kappa shape index (κ2) is 8.55. The number of aliphatic hydroxyl groups is 1. The van der Waals surface area contributed by atoms with Gasteiger partial charge in [0, 0.05) is 27.4 Å². The van der Waals surface area contributed by atoms with E-state index in [4.69, 9.17) is 0 Å². The van der Waals surface area contributed by atoms with Crippen LogP contribution in [0.1, 0.15) is 22.0 Å². The molecule has 2 N–H and O–H groups in total. The molecule has 0 bridgehead atoms. The highest BCUT2D eigenvalue weighted by Crippen LogP contribution is 2.24. The summed E-state index contributed by atoms with van der Waals surface area (Å²) in [4.78, 5) is 15.3. The summed E-state index contributed by atoms with van der Waals surface area (Å²) in [6.07, 6.45) is -1.08. The van der Waals surface area contributed by atoms with Crippen molar-refractivity contribution in [1.82, 2.24) is 4.98 Å². The van der Waals surface area contributed by atoms with E-state index in [-0.39, 0.29) is 5.78 Å². The predicted molar refractivity (Wildman–Crippen MR) is 118 cm³/mol. The molecule has 142 valence electrons. The van der Waals surface area contributed by atoms with Crippen LogP contribution in [0.4, 0.5) is 0 Å². The SMILES string of the molecule is O=C(c1ccccc1)C(O)c1ccccc1.c1ccc2c(c1)[nH]c1ccccc12. The molecule has 1 atom stereocenters. The van der Waals surface area contributed by atoms with E-state index in [0.29, 0.717) is 11.1 Å². The number of hydrogen-bond acceptors (Lipinski definition) is 2. The number of aliphatic hydroxyl groups excluding tert-OH is 1. The van der Waals surface area contributed by atoms with Crippen molar-refractivity contribution in [2.45, 2.75) is 6.10 Å². The summed E-state index contributed by atoms with van der Waals surface area (Å²) in [6.45, 7) is 0. The number of aromatic amines is 1. The summed E-state index contributed by atoms with van der Waals surface area (Å²) < 4.78 is 0. The van der Waals surface area contributed by atoms with Crippen LogP contribution in [0.25, 0.3) is 21.8 Å². The van der Waals surface area contributed by atoms with Crippen molar-refractivity contribution in [2.24, 2.45) is 0 Å². The molecule has 0 aliphatic carbocycles. The summed E-state index contributed by atoms with van der Waals surface area (Å²) in [7, 11) is 0. The molecule has 29 heavy (non-hydrogen) atoms. The topological polar surface area (TPSA) is 53.1 Å². The Kier molecular flexibility index (Phi) is 5.50. The zero-order valence-corrected chi connectivity index (χ0v) is 15.8. The Morgan fingerprint density at radius 3 is 1.62 bits per heavy atom. The number of carbonyl (C=O) groups is 1. The first-order valence-corrected chi connectivity index (χ1v) is 9.52. The molecule has 1 heterocycles. The standard InChI is InChI=1S/C14H12O2.C12H9N/c15-13(11-7-3-1-4-8-11)14(16)12-9-5-2-6-10-12;1-3-7-11-9(5-1)10-6-2-4-8-12(10)13-11/h1-10,13,15H;1-8,13H. The lowest BCUT2D eigenvalue weighted by molar-refractivity contribution is 0.0747. The summed E-state index contributed by atoms with van der Waals surface area (Å²) in [6, 6.07) is 34.5. The molecule has 0 spiro atoms. The highest BCUT2D eigenvalue weighted by atomic mass is 16.3. The van der Waals surface area contributed by atoms with E-state index in [9.17, 15) is 9.90 Å². The lowest BCUT2D eigenvalue weighted by Crippen LogP contribution is -2.11. The second-order valence-electron chi connectivity index (χ2n) is 6.76. The first-order chi connectivity index (χ1) is 14.2. The van der Waals surface area contributed by atoms with Crippen LogP contribution in [0.5, 0.6) is 0 Å². The van der Waals surface area contributed by atoms with Gasteiger partial charge in [-0.15, -0.1) is 0 Å². The highest BCUT2D eigenvalue weighted by Gasteiger charge is 2.18. The van der Waals surface area contributed by atoms with Gasteiger partial charge in [-0.3, -0.25) is 4.79 Å². The van der Waals surface area contributed by atoms with Gasteiger partial charge in [0.1, 0.15) is 6.10 Å². The van der Waals surface area contributed by atoms with Gasteiger partial charge in [-0.2, -0.15) is 0 Å². The molecule has 4 aromatic carbocycles. The van der Waals surface area contributed by atoms with E-state index >= 15 is 0 Å². The minimum Gasteiger partial charge on any atom is -0.380 e. The van der Waals surface area contributed by atoms with Crippen molar-refractivity contribution in [3.63, 3.8) is 0 Å². The molecule has 5 aromatic rings. The van der Waals surface area contributed by atoms with E-state index in [2.05, 4.69) is 53.5 Å². The normalized spacial score (nSPS) is 11.6. The van der Waals surface area contributed by atoms with Crippen LogP contribution in [0.2, 0.25) is 0 Å². The highest BCUT2D eigenvalue weighted by molar-refractivity contribution is 6.07. The van der Waals surface area contributed by atoms with Crippen LogP contribution in [0.15, 0.2) is 109 Å². The Bertz CT molecular complexity index is 1180. The summed E-state index contributed by atoms with van der Waals surface area (Å²) in [5, 5.41) is 12.5. The number of H-pyrrole nitrogens is 1. The van der Waals surface area contributed by atoms with E-state index in [1.54, 1.807) is 48.5 Å². The zero-order valence-electron chi connectivity index (χ0n) is 15.8. The number of hydrogen-bond donors (Lipinski definition) is 2. The third kappa shape index (κ3) is 4.10. The Balaban J connectivity index is 0.000000144. The molecular formula is C26H21NO2. The van der Waals surface area contributed by atoms with Crippen molar-refractivity contribution in [2.75, 3.05) is 0 Å². The van der Waals surface area contributed by atoms with Crippen molar-refractivity contribution in [1.29, 1.82) is 0 Å². The molecule has 1 unspecified atom stereocenters. The number of benzene rings is 4. The molecule has 1 aromatic heterocycles. The Morgan fingerprint density at radius 2 is 1.07 bits per heavy atom. The average molecular weight is 379 g/mol. The number of fused-ring (bicyclic) bond motifs is 3. The van der Waals surface area contributed by atoms with Crippen LogP contribution < -0.4 is 0 Å². The van der Waals surface area contributed by atoms with Gasteiger partial charge in [-0.05, 0) is 17.7 Å². The van der Waals surface area contributed by atoms with Crippen LogP contribution in [-0.2, 0) is 0 Å². The van der Waals surface area contributed by atoms with Crippen LogP contribution in [0.3, 0.4) is 0 Å². The molecule has 0 saturated carbocycles. The quantitative estimate of drug-likeness (QED) is 0.382. The van der Waals surface area contributed by atoms with E-state index in [1.165, 1.54) is 21.8 Å². The van der Waals surface area contributed by atoms with E-state index in [0.717, 1.165) is 0 Å². The molecule has 0 fully saturated rings. The summed E-state index contributed by atoms with van der Waals surface area (Å²) >= 11 is 0. The number of carbonyl (C=O) groups excluding carboxylic acids is 1. The lowest BCUT2D eigenvalue weighted by Gasteiger charge is -2.09. The number of Topliss-reactive ketones (excluding diaryl/α,β-unsaturated/α-hetero) is 1. The third-order valence-corrected chi connectivity index (χ3v) is 4.84. The molecular weight excluding hydrogens is 358 g/mol. The maximum Gasteiger partial charge on any atom is 0.195 e. The lowest BCUT2D eigenvalue weighted by atomic mass is 10.0. The van der Waals surface area contributed by atoms with Gasteiger partial charge in [0.05, 0.1) is 0 Å². The summed E-state index contributed by atoms with van der Waals surface area (Å²) in [5.41, 5.74) is 3.57. The number of ketones is 1. The average Bonchev–Trinajstić information content (AvgIpc) is 3.18. The number of para-hydroxylation sites is 2.